The summed E-state index contributed by atoms with van der Waals surface area (Å²) in [5, 5.41) is 13.7. The summed E-state index contributed by atoms with van der Waals surface area (Å²) in [6.07, 6.45) is 1.54. The summed E-state index contributed by atoms with van der Waals surface area (Å²) in [7, 11) is -3.55. The van der Waals surface area contributed by atoms with Gasteiger partial charge in [-0.15, -0.1) is 0 Å². The van der Waals surface area contributed by atoms with Crippen molar-refractivity contribution in [2.45, 2.75) is 31.1 Å². The number of anilines is 1. The van der Waals surface area contributed by atoms with Crippen LogP contribution in [0, 0.1) is 16.0 Å². The van der Waals surface area contributed by atoms with Gasteiger partial charge in [-0.1, -0.05) is 25.1 Å². The monoisotopic (exact) mass is 417 g/mol. The lowest BCUT2D eigenvalue weighted by atomic mass is 10.0. The van der Waals surface area contributed by atoms with Crippen molar-refractivity contribution in [1.82, 2.24) is 4.31 Å². The normalized spacial score (nSPS) is 15.8. The molecule has 0 spiro atoms. The van der Waals surface area contributed by atoms with Crippen LogP contribution in [0.25, 0.3) is 0 Å². The third-order valence-corrected chi connectivity index (χ3v) is 6.97. The Morgan fingerprint density at radius 2 is 1.76 bits per heavy atom. The number of piperidine rings is 1. The number of carbonyl (C=O) groups is 1. The molecule has 0 unspecified atom stereocenters. The first-order chi connectivity index (χ1) is 13.8. The fourth-order valence-corrected chi connectivity index (χ4v) is 4.77. The molecule has 0 saturated carbocycles. The van der Waals surface area contributed by atoms with E-state index in [0.717, 1.165) is 12.8 Å². The van der Waals surface area contributed by atoms with Crippen molar-refractivity contribution < 1.29 is 18.1 Å². The zero-order chi connectivity index (χ0) is 21.0. The maximum atomic E-state index is 12.7. The van der Waals surface area contributed by atoms with Crippen LogP contribution < -0.4 is 5.32 Å². The van der Waals surface area contributed by atoms with Crippen molar-refractivity contribution in [2.75, 3.05) is 18.4 Å². The Balaban J connectivity index is 1.66. The number of sulfonamides is 1. The Bertz CT molecular complexity index is 997. The molecule has 0 bridgehead atoms. The summed E-state index contributed by atoms with van der Waals surface area (Å²) in [5.74, 6) is 0.111. The smallest absolute Gasteiger partial charge is 0.273 e. The standard InChI is InChI=1S/C20H23N3O5S/c1-15-10-12-22(13-11-15)29(27,28)18-8-6-17(7-9-18)21-20(24)14-16-4-2-3-5-19(16)23(25)26/h2-9,15H,10-14H2,1H3,(H,21,24). The largest absolute Gasteiger partial charge is 0.326 e. The van der Waals surface area contributed by atoms with Crippen molar-refractivity contribution in [3.63, 3.8) is 0 Å². The minimum absolute atomic E-state index is 0.111. The first-order valence-corrected chi connectivity index (χ1v) is 10.8. The van der Waals surface area contributed by atoms with E-state index in [1.807, 2.05) is 0 Å². The number of hydrogen-bond acceptors (Lipinski definition) is 5. The number of nitro groups is 1. The number of rotatable bonds is 6. The molecule has 1 aliphatic heterocycles. The Labute approximate surface area is 169 Å². The molecule has 3 rings (SSSR count). The highest BCUT2D eigenvalue weighted by Gasteiger charge is 2.28. The molecule has 0 radical (unpaired) electrons. The minimum atomic E-state index is -3.55. The van der Waals surface area contributed by atoms with Gasteiger partial charge in [0.25, 0.3) is 5.69 Å². The van der Waals surface area contributed by atoms with Gasteiger partial charge in [0.05, 0.1) is 16.2 Å². The van der Waals surface area contributed by atoms with Gasteiger partial charge in [-0.25, -0.2) is 8.42 Å². The van der Waals surface area contributed by atoms with Crippen molar-refractivity contribution in [2.24, 2.45) is 5.92 Å². The van der Waals surface area contributed by atoms with E-state index in [-0.39, 0.29) is 17.0 Å². The van der Waals surface area contributed by atoms with Crippen LogP contribution in [0.4, 0.5) is 11.4 Å². The molecule has 1 saturated heterocycles. The summed E-state index contributed by atoms with van der Waals surface area (Å²) >= 11 is 0. The van der Waals surface area contributed by atoms with E-state index in [2.05, 4.69) is 12.2 Å². The predicted octanol–water partition coefficient (Wildman–Crippen LogP) is 3.20. The van der Waals surface area contributed by atoms with Crippen LogP contribution in [0.2, 0.25) is 0 Å². The summed E-state index contributed by atoms with van der Waals surface area (Å²) < 4.78 is 27.0. The van der Waals surface area contributed by atoms with Gasteiger partial charge in [0, 0.05) is 30.4 Å². The van der Waals surface area contributed by atoms with Gasteiger partial charge >= 0.3 is 0 Å². The first-order valence-electron chi connectivity index (χ1n) is 9.40. The van der Waals surface area contributed by atoms with Crippen LogP contribution in [0.1, 0.15) is 25.3 Å². The number of para-hydroxylation sites is 1. The molecule has 2 aromatic rings. The van der Waals surface area contributed by atoms with E-state index >= 15 is 0 Å². The van der Waals surface area contributed by atoms with Crippen molar-refractivity contribution in [3.05, 3.63) is 64.2 Å². The maximum absolute atomic E-state index is 12.7. The second-order valence-corrected chi connectivity index (χ2v) is 9.16. The molecule has 29 heavy (non-hydrogen) atoms. The van der Waals surface area contributed by atoms with E-state index in [9.17, 15) is 23.3 Å². The van der Waals surface area contributed by atoms with Crippen LogP contribution in [0.3, 0.4) is 0 Å². The van der Waals surface area contributed by atoms with Gasteiger partial charge in [-0.2, -0.15) is 4.31 Å². The van der Waals surface area contributed by atoms with Crippen molar-refractivity contribution in [1.29, 1.82) is 0 Å². The number of nitrogens with zero attached hydrogens (tertiary/aromatic N) is 2. The van der Waals surface area contributed by atoms with Crippen LogP contribution in [0.5, 0.6) is 0 Å². The second kappa shape index (κ2) is 8.71. The number of amides is 1. The zero-order valence-electron chi connectivity index (χ0n) is 16.1. The van der Waals surface area contributed by atoms with Crippen LogP contribution in [-0.4, -0.2) is 36.6 Å². The second-order valence-electron chi connectivity index (χ2n) is 7.22. The number of nitro benzene ring substituents is 1. The molecule has 1 N–H and O–H groups in total. The number of nitrogens with one attached hydrogen (secondary N) is 1. The maximum Gasteiger partial charge on any atom is 0.273 e. The van der Waals surface area contributed by atoms with Gasteiger partial charge in [0.2, 0.25) is 15.9 Å². The Morgan fingerprint density at radius 1 is 1.14 bits per heavy atom. The molecule has 0 aromatic heterocycles. The van der Waals surface area contributed by atoms with E-state index < -0.39 is 20.9 Å². The molecule has 0 aliphatic carbocycles. The number of hydrogen-bond donors (Lipinski definition) is 1. The third kappa shape index (κ3) is 4.99. The zero-order valence-corrected chi connectivity index (χ0v) is 16.9. The third-order valence-electron chi connectivity index (χ3n) is 5.06. The average molecular weight is 417 g/mol. The summed E-state index contributed by atoms with van der Waals surface area (Å²) in [6, 6.07) is 12.0. The van der Waals surface area contributed by atoms with Crippen molar-refractivity contribution >= 4 is 27.3 Å². The van der Waals surface area contributed by atoms with E-state index in [4.69, 9.17) is 0 Å². The Morgan fingerprint density at radius 3 is 2.38 bits per heavy atom. The van der Waals surface area contributed by atoms with Gasteiger partial charge in [0.15, 0.2) is 0 Å². The van der Waals surface area contributed by atoms with E-state index in [0.29, 0.717) is 30.3 Å². The number of carbonyl (C=O) groups excluding carboxylic acids is 1. The summed E-state index contributed by atoms with van der Waals surface area (Å²) in [5.41, 5.74) is 0.633. The lowest BCUT2D eigenvalue weighted by molar-refractivity contribution is -0.385. The molecule has 8 nitrogen and oxygen atoms in total. The molecule has 1 aliphatic rings. The van der Waals surface area contributed by atoms with Gasteiger partial charge < -0.3 is 5.32 Å². The lowest BCUT2D eigenvalue weighted by Crippen LogP contribution is -2.37. The fraction of sp³-hybridized carbons (Fsp3) is 0.350. The van der Waals surface area contributed by atoms with Gasteiger partial charge in [-0.3, -0.25) is 14.9 Å². The van der Waals surface area contributed by atoms with Crippen molar-refractivity contribution in [3.8, 4) is 0 Å². The molecule has 9 heteroatoms. The predicted molar refractivity (Wildman–Crippen MR) is 109 cm³/mol. The lowest BCUT2D eigenvalue weighted by Gasteiger charge is -2.29. The average Bonchev–Trinajstić information content (AvgIpc) is 2.69. The molecule has 154 valence electrons. The summed E-state index contributed by atoms with van der Waals surface area (Å²) in [6.45, 7) is 3.14. The minimum Gasteiger partial charge on any atom is -0.326 e. The highest BCUT2D eigenvalue weighted by atomic mass is 32.2. The highest BCUT2D eigenvalue weighted by Crippen LogP contribution is 2.24. The van der Waals surface area contributed by atoms with Crippen LogP contribution in [0.15, 0.2) is 53.4 Å². The SMILES string of the molecule is CC1CCN(S(=O)(=O)c2ccc(NC(=O)Cc3ccccc3[N+](=O)[O-])cc2)CC1. The topological polar surface area (TPSA) is 110 Å². The van der Waals surface area contributed by atoms with E-state index in [1.54, 1.807) is 12.1 Å². The fourth-order valence-electron chi connectivity index (χ4n) is 3.30. The quantitative estimate of drug-likeness (QED) is 0.573. The van der Waals surface area contributed by atoms with Crippen LogP contribution in [-0.2, 0) is 21.2 Å². The molecule has 1 fully saturated rings. The van der Waals surface area contributed by atoms with E-state index in [1.165, 1.54) is 40.7 Å². The Kier molecular flexibility index (Phi) is 6.29. The van der Waals surface area contributed by atoms with Crippen LogP contribution >= 0.6 is 0 Å². The molecule has 1 heterocycles. The highest BCUT2D eigenvalue weighted by molar-refractivity contribution is 7.89. The molecular formula is C20H23N3O5S. The Hall–Kier alpha value is -2.78. The summed E-state index contributed by atoms with van der Waals surface area (Å²) in [4.78, 5) is 23.0. The molecule has 0 atom stereocenters. The number of benzene rings is 2. The molecule has 2 aromatic carbocycles. The first kappa shape index (κ1) is 20.9. The molecular weight excluding hydrogens is 394 g/mol. The van der Waals surface area contributed by atoms with Gasteiger partial charge in [0.1, 0.15) is 0 Å². The van der Waals surface area contributed by atoms with Gasteiger partial charge in [-0.05, 0) is 43.0 Å². The molecule has 1 amide bonds.